The van der Waals surface area contributed by atoms with Crippen LogP contribution in [0.25, 0.3) is 10.9 Å². The number of aliphatic carboxylic acids is 1. The fourth-order valence-corrected chi connectivity index (χ4v) is 3.11. The quantitative estimate of drug-likeness (QED) is 0.676. The molecule has 0 bridgehead atoms. The second-order valence-corrected chi connectivity index (χ2v) is 6.07. The fourth-order valence-electron chi connectivity index (χ4n) is 2.99. The highest BCUT2D eigenvalue weighted by atomic mass is 35.5. The second-order valence-electron chi connectivity index (χ2n) is 5.63. The summed E-state index contributed by atoms with van der Waals surface area (Å²) in [7, 11) is 0. The molecule has 0 amide bonds. The van der Waals surface area contributed by atoms with Crippen molar-refractivity contribution in [2.75, 3.05) is 0 Å². The summed E-state index contributed by atoms with van der Waals surface area (Å²) in [5.41, 5.74) is 2.48. The van der Waals surface area contributed by atoms with Gasteiger partial charge < -0.3 is 19.9 Å². The minimum atomic E-state index is -0.995. The number of aromatic hydroxyl groups is 1. The number of aliphatic hydroxyl groups excluding tert-OH is 1. The third-order valence-electron chi connectivity index (χ3n) is 4.11. The zero-order chi connectivity index (χ0) is 17.4. The van der Waals surface area contributed by atoms with E-state index >= 15 is 0 Å². The third-order valence-corrected chi connectivity index (χ3v) is 4.36. The molecule has 0 aliphatic carbocycles. The first-order valence-corrected chi connectivity index (χ1v) is 7.73. The first-order valence-electron chi connectivity index (χ1n) is 7.35. The van der Waals surface area contributed by atoms with Crippen molar-refractivity contribution in [1.82, 2.24) is 4.57 Å². The lowest BCUT2D eigenvalue weighted by atomic mass is 9.99. The zero-order valence-electron chi connectivity index (χ0n) is 12.9. The first-order chi connectivity index (χ1) is 11.4. The van der Waals surface area contributed by atoms with Crippen LogP contribution in [-0.2, 0) is 11.3 Å². The SMILES string of the molecule is Cc1c(C(O)c2ccc(Cl)cc2)c2ccc(O)cc2n1CC(=O)O. The molecule has 1 atom stereocenters. The molecule has 6 heteroatoms. The minimum Gasteiger partial charge on any atom is -0.508 e. The van der Waals surface area contributed by atoms with Crippen LogP contribution in [0.4, 0.5) is 0 Å². The van der Waals surface area contributed by atoms with Crippen molar-refractivity contribution in [3.05, 3.63) is 64.3 Å². The Hall–Kier alpha value is -2.50. The average molecular weight is 346 g/mol. The standard InChI is InChI=1S/C18H16ClNO4/c1-10-17(18(24)11-2-4-12(19)5-3-11)14-7-6-13(21)8-15(14)20(10)9-16(22)23/h2-8,18,21,24H,9H2,1H3,(H,22,23). The third kappa shape index (κ3) is 2.84. The van der Waals surface area contributed by atoms with Gasteiger partial charge in [0.2, 0.25) is 0 Å². The summed E-state index contributed by atoms with van der Waals surface area (Å²) in [6, 6.07) is 11.6. The van der Waals surface area contributed by atoms with Gasteiger partial charge >= 0.3 is 5.97 Å². The molecule has 5 nitrogen and oxygen atoms in total. The van der Waals surface area contributed by atoms with Crippen LogP contribution in [0.2, 0.25) is 5.02 Å². The van der Waals surface area contributed by atoms with E-state index in [-0.39, 0.29) is 12.3 Å². The molecular formula is C18H16ClNO4. The Kier molecular flexibility index (Phi) is 4.22. The van der Waals surface area contributed by atoms with Crippen molar-refractivity contribution in [1.29, 1.82) is 0 Å². The summed E-state index contributed by atoms with van der Waals surface area (Å²) >= 11 is 5.89. The normalized spacial score (nSPS) is 12.5. The monoisotopic (exact) mass is 345 g/mol. The van der Waals surface area contributed by atoms with Gasteiger partial charge in [0.1, 0.15) is 18.4 Å². The van der Waals surface area contributed by atoms with Crippen molar-refractivity contribution in [2.24, 2.45) is 0 Å². The molecule has 1 heterocycles. The van der Waals surface area contributed by atoms with E-state index in [1.807, 2.05) is 0 Å². The van der Waals surface area contributed by atoms with Gasteiger partial charge in [0.05, 0.1) is 5.52 Å². The smallest absolute Gasteiger partial charge is 0.323 e. The average Bonchev–Trinajstić information content (AvgIpc) is 2.79. The maximum absolute atomic E-state index is 11.2. The van der Waals surface area contributed by atoms with E-state index in [9.17, 15) is 15.0 Å². The molecule has 0 spiro atoms. The predicted octanol–water partition coefficient (Wildman–Crippen LogP) is 3.48. The Bertz CT molecular complexity index is 915. The van der Waals surface area contributed by atoms with Crippen LogP contribution in [0.5, 0.6) is 5.75 Å². The molecule has 3 N–H and O–H groups in total. The van der Waals surface area contributed by atoms with Gasteiger partial charge in [-0.1, -0.05) is 23.7 Å². The van der Waals surface area contributed by atoms with E-state index in [0.29, 0.717) is 32.7 Å². The van der Waals surface area contributed by atoms with Gasteiger partial charge in [-0.05, 0) is 36.8 Å². The predicted molar refractivity (Wildman–Crippen MR) is 91.5 cm³/mol. The van der Waals surface area contributed by atoms with Crippen LogP contribution < -0.4 is 0 Å². The molecule has 1 aromatic heterocycles. The Morgan fingerprint density at radius 2 is 1.88 bits per heavy atom. The Morgan fingerprint density at radius 1 is 1.21 bits per heavy atom. The van der Waals surface area contributed by atoms with E-state index in [0.717, 1.165) is 0 Å². The van der Waals surface area contributed by atoms with Crippen LogP contribution >= 0.6 is 11.6 Å². The number of carboxylic acids is 1. The van der Waals surface area contributed by atoms with Gasteiger partial charge in [0.25, 0.3) is 0 Å². The van der Waals surface area contributed by atoms with Gasteiger partial charge in [-0.3, -0.25) is 4.79 Å². The Labute approximate surface area is 143 Å². The van der Waals surface area contributed by atoms with E-state index < -0.39 is 12.1 Å². The van der Waals surface area contributed by atoms with Crippen LogP contribution in [0, 0.1) is 6.92 Å². The van der Waals surface area contributed by atoms with Crippen LogP contribution in [0.1, 0.15) is 22.9 Å². The number of hydrogen-bond acceptors (Lipinski definition) is 3. The molecule has 2 aromatic carbocycles. The highest BCUT2D eigenvalue weighted by molar-refractivity contribution is 6.30. The van der Waals surface area contributed by atoms with Gasteiger partial charge in [-0.2, -0.15) is 0 Å². The number of halogens is 1. The summed E-state index contributed by atoms with van der Waals surface area (Å²) < 4.78 is 1.58. The second kappa shape index (κ2) is 6.19. The molecule has 124 valence electrons. The number of carboxylic acid groups (broad SMARTS) is 1. The van der Waals surface area contributed by atoms with Gasteiger partial charge in [0.15, 0.2) is 0 Å². The van der Waals surface area contributed by atoms with Crippen molar-refractivity contribution in [3.63, 3.8) is 0 Å². The lowest BCUT2D eigenvalue weighted by Gasteiger charge is -2.13. The molecule has 3 rings (SSSR count). The number of nitrogens with zero attached hydrogens (tertiary/aromatic N) is 1. The van der Waals surface area contributed by atoms with E-state index in [1.165, 1.54) is 12.1 Å². The molecule has 0 fully saturated rings. The summed E-state index contributed by atoms with van der Waals surface area (Å²) in [5.74, 6) is -0.954. The topological polar surface area (TPSA) is 82.7 Å². The Morgan fingerprint density at radius 3 is 2.50 bits per heavy atom. The van der Waals surface area contributed by atoms with Gasteiger partial charge in [0, 0.05) is 27.7 Å². The summed E-state index contributed by atoms with van der Waals surface area (Å²) in [4.78, 5) is 11.2. The van der Waals surface area contributed by atoms with Crippen LogP contribution in [0.15, 0.2) is 42.5 Å². The summed E-state index contributed by atoms with van der Waals surface area (Å²) in [6.07, 6.45) is -0.927. The van der Waals surface area contributed by atoms with Gasteiger partial charge in [-0.25, -0.2) is 0 Å². The van der Waals surface area contributed by atoms with E-state index in [4.69, 9.17) is 16.7 Å². The number of aromatic nitrogens is 1. The number of carbonyl (C=O) groups is 1. The highest BCUT2D eigenvalue weighted by Gasteiger charge is 2.22. The Balaban J connectivity index is 2.21. The maximum Gasteiger partial charge on any atom is 0.323 e. The lowest BCUT2D eigenvalue weighted by molar-refractivity contribution is -0.137. The van der Waals surface area contributed by atoms with E-state index in [1.54, 1.807) is 41.8 Å². The number of phenols is 1. The molecule has 1 unspecified atom stereocenters. The van der Waals surface area contributed by atoms with Crippen molar-refractivity contribution in [2.45, 2.75) is 19.6 Å². The number of benzene rings is 2. The zero-order valence-corrected chi connectivity index (χ0v) is 13.7. The highest BCUT2D eigenvalue weighted by Crippen LogP contribution is 2.35. The van der Waals surface area contributed by atoms with Gasteiger partial charge in [-0.15, -0.1) is 0 Å². The fraction of sp³-hybridized carbons (Fsp3) is 0.167. The molecule has 0 aliphatic heterocycles. The molecule has 0 saturated carbocycles. The molecule has 0 saturated heterocycles. The number of hydrogen-bond donors (Lipinski definition) is 3. The number of rotatable bonds is 4. The van der Waals surface area contributed by atoms with Crippen molar-refractivity contribution in [3.8, 4) is 5.75 Å². The summed E-state index contributed by atoms with van der Waals surface area (Å²) in [6.45, 7) is 1.51. The van der Waals surface area contributed by atoms with Crippen LogP contribution in [-0.4, -0.2) is 25.9 Å². The largest absolute Gasteiger partial charge is 0.508 e. The minimum absolute atomic E-state index is 0.0409. The van der Waals surface area contributed by atoms with Crippen molar-refractivity contribution >= 4 is 28.5 Å². The molecule has 0 radical (unpaired) electrons. The molecular weight excluding hydrogens is 330 g/mol. The number of phenolic OH excluding ortho intramolecular Hbond substituents is 1. The maximum atomic E-state index is 11.2. The lowest BCUT2D eigenvalue weighted by Crippen LogP contribution is -2.11. The number of aliphatic hydroxyl groups is 1. The summed E-state index contributed by atoms with van der Waals surface area (Å²) in [5, 5.41) is 31.0. The van der Waals surface area contributed by atoms with E-state index in [2.05, 4.69) is 0 Å². The van der Waals surface area contributed by atoms with Crippen molar-refractivity contribution < 1.29 is 20.1 Å². The van der Waals surface area contributed by atoms with Crippen LogP contribution in [0.3, 0.4) is 0 Å². The molecule has 0 aliphatic rings. The number of fused-ring (bicyclic) bond motifs is 1. The first kappa shape index (κ1) is 16.4. The molecule has 3 aromatic rings. The molecule has 24 heavy (non-hydrogen) atoms.